The molecule has 10 nitrogen and oxygen atoms in total. The van der Waals surface area contributed by atoms with Crippen LogP contribution in [0.5, 0.6) is 11.5 Å². The largest absolute Gasteiger partial charge is 0.491 e. The molecule has 0 amide bonds. The van der Waals surface area contributed by atoms with Crippen molar-refractivity contribution in [2.45, 2.75) is 74.1 Å². The highest BCUT2D eigenvalue weighted by atomic mass is 32.2. The van der Waals surface area contributed by atoms with E-state index < -0.39 is 22.0 Å². The summed E-state index contributed by atoms with van der Waals surface area (Å²) in [5.41, 5.74) is 0. The average molecular weight is 593 g/mol. The quantitative estimate of drug-likeness (QED) is 0.380. The van der Waals surface area contributed by atoms with Crippen LogP contribution in [-0.4, -0.2) is 118 Å². The molecule has 228 valence electrons. The Labute approximate surface area is 243 Å². The number of morpholine rings is 2. The molecule has 2 heterocycles. The van der Waals surface area contributed by atoms with Gasteiger partial charge >= 0.3 is 0 Å². The molecule has 0 aliphatic carbocycles. The maximum Gasteiger partial charge on any atom is 0.206 e. The molecule has 0 saturated carbocycles. The van der Waals surface area contributed by atoms with Crippen LogP contribution in [0.25, 0.3) is 0 Å². The lowest BCUT2D eigenvalue weighted by molar-refractivity contribution is -0.0789. The van der Waals surface area contributed by atoms with E-state index in [-0.39, 0.29) is 47.4 Å². The van der Waals surface area contributed by atoms with Gasteiger partial charge in [0, 0.05) is 39.3 Å². The molecule has 2 saturated heterocycles. The van der Waals surface area contributed by atoms with E-state index in [1.165, 1.54) is 24.3 Å². The van der Waals surface area contributed by atoms with E-state index in [1.54, 1.807) is 24.3 Å². The first-order valence-electron chi connectivity index (χ1n) is 14.3. The zero-order chi connectivity index (χ0) is 29.6. The number of aliphatic hydroxyl groups is 2. The number of sulfone groups is 1. The third-order valence-corrected chi connectivity index (χ3v) is 8.87. The first-order chi connectivity index (χ1) is 19.5. The van der Waals surface area contributed by atoms with Gasteiger partial charge in [0.1, 0.15) is 36.9 Å². The van der Waals surface area contributed by atoms with Gasteiger partial charge in [0.05, 0.1) is 34.2 Å². The predicted octanol–water partition coefficient (Wildman–Crippen LogP) is 2.22. The minimum atomic E-state index is -3.74. The molecule has 2 N–H and O–H groups in total. The van der Waals surface area contributed by atoms with Crippen molar-refractivity contribution in [3.8, 4) is 11.5 Å². The Morgan fingerprint density at radius 1 is 0.683 bits per heavy atom. The van der Waals surface area contributed by atoms with Crippen LogP contribution < -0.4 is 9.47 Å². The van der Waals surface area contributed by atoms with Crippen molar-refractivity contribution in [1.82, 2.24) is 9.80 Å². The zero-order valence-electron chi connectivity index (χ0n) is 24.4. The van der Waals surface area contributed by atoms with E-state index in [9.17, 15) is 18.6 Å². The van der Waals surface area contributed by atoms with Gasteiger partial charge in [-0.15, -0.1) is 0 Å². The summed E-state index contributed by atoms with van der Waals surface area (Å²) in [4.78, 5) is 4.60. The first kappa shape index (κ1) is 31.7. The van der Waals surface area contributed by atoms with Crippen LogP contribution in [0.3, 0.4) is 0 Å². The molecule has 6 atom stereocenters. The lowest BCUT2D eigenvalue weighted by Crippen LogP contribution is -2.48. The van der Waals surface area contributed by atoms with E-state index >= 15 is 0 Å². The molecular weight excluding hydrogens is 548 g/mol. The van der Waals surface area contributed by atoms with Gasteiger partial charge in [-0.2, -0.15) is 0 Å². The summed E-state index contributed by atoms with van der Waals surface area (Å²) in [6.45, 7) is 12.3. The summed E-state index contributed by atoms with van der Waals surface area (Å²) in [7, 11) is -3.74. The van der Waals surface area contributed by atoms with Crippen LogP contribution in [0, 0.1) is 0 Å². The average Bonchev–Trinajstić information content (AvgIpc) is 2.90. The van der Waals surface area contributed by atoms with E-state index in [4.69, 9.17) is 18.9 Å². The van der Waals surface area contributed by atoms with Crippen LogP contribution in [0.2, 0.25) is 0 Å². The van der Waals surface area contributed by atoms with Crippen molar-refractivity contribution < 1.29 is 37.6 Å². The second kappa shape index (κ2) is 14.3. The molecule has 2 aromatic carbocycles. The third-order valence-electron chi connectivity index (χ3n) is 7.08. The summed E-state index contributed by atoms with van der Waals surface area (Å²) < 4.78 is 49.2. The van der Waals surface area contributed by atoms with Gasteiger partial charge in [-0.05, 0) is 76.2 Å². The van der Waals surface area contributed by atoms with Crippen molar-refractivity contribution in [3.05, 3.63) is 48.5 Å². The molecule has 0 spiro atoms. The minimum Gasteiger partial charge on any atom is -0.491 e. The van der Waals surface area contributed by atoms with E-state index in [1.807, 2.05) is 27.7 Å². The minimum absolute atomic E-state index is 0.104. The predicted molar refractivity (Wildman–Crippen MR) is 154 cm³/mol. The Hall–Kier alpha value is -2.25. The van der Waals surface area contributed by atoms with Gasteiger partial charge in [-0.25, -0.2) is 8.42 Å². The molecule has 0 bridgehead atoms. The molecule has 2 aliphatic heterocycles. The van der Waals surface area contributed by atoms with Crippen molar-refractivity contribution in [2.24, 2.45) is 0 Å². The standard InChI is InChI=1S/C30H44N2O8S/c1-21-13-31(14-22(2)39-21)17-25(33)19-37-27-5-9-29(10-6-27)41(35,36)30-11-7-28(8-12-30)38-20-26(34)18-32-15-23(3)40-24(4)16-32/h5-12,21-26,33-34H,13-20H2,1-4H3/t21-,22+,23-,24+,25-,26+. The summed E-state index contributed by atoms with van der Waals surface area (Å²) in [6, 6.07) is 12.3. The molecule has 2 fully saturated rings. The fraction of sp³-hybridized carbons (Fsp3) is 0.600. The second-order valence-electron chi connectivity index (χ2n) is 11.3. The topological polar surface area (TPSA) is 118 Å². The second-order valence-corrected chi connectivity index (χ2v) is 13.3. The summed E-state index contributed by atoms with van der Waals surface area (Å²) >= 11 is 0. The lowest BCUT2D eigenvalue weighted by Gasteiger charge is -2.36. The molecule has 0 aromatic heterocycles. The van der Waals surface area contributed by atoms with Crippen LogP contribution in [-0.2, 0) is 19.3 Å². The van der Waals surface area contributed by atoms with Crippen LogP contribution >= 0.6 is 0 Å². The maximum atomic E-state index is 13.1. The van der Waals surface area contributed by atoms with Gasteiger partial charge in [-0.1, -0.05) is 0 Å². The van der Waals surface area contributed by atoms with Crippen molar-refractivity contribution in [1.29, 1.82) is 0 Å². The number of β-amino-alcohol motifs (C(OH)–C–C–N with tert-alkyl or cyclic N) is 2. The van der Waals surface area contributed by atoms with Crippen molar-refractivity contribution >= 4 is 9.84 Å². The fourth-order valence-corrected chi connectivity index (χ4v) is 6.78. The molecule has 0 radical (unpaired) electrons. The highest BCUT2D eigenvalue weighted by Gasteiger charge is 2.25. The Kier molecular flexibility index (Phi) is 11.0. The van der Waals surface area contributed by atoms with Crippen molar-refractivity contribution in [2.75, 3.05) is 52.5 Å². The SMILES string of the molecule is C[C@@H]1CN(C[C@H](O)COc2ccc(S(=O)(=O)c3ccc(OC[C@H](O)CN4C[C@@H](C)O[C@@H](C)C4)cc3)cc2)C[C@H](C)O1. The number of hydrogen-bond acceptors (Lipinski definition) is 10. The van der Waals surface area contributed by atoms with Gasteiger partial charge < -0.3 is 29.2 Å². The number of hydrogen-bond donors (Lipinski definition) is 2. The van der Waals surface area contributed by atoms with E-state index in [2.05, 4.69) is 9.80 Å². The van der Waals surface area contributed by atoms with E-state index in [0.29, 0.717) is 24.6 Å². The molecule has 0 unspecified atom stereocenters. The monoisotopic (exact) mass is 592 g/mol. The molecule has 4 rings (SSSR count). The lowest BCUT2D eigenvalue weighted by atomic mass is 10.2. The number of benzene rings is 2. The Bertz CT molecular complexity index is 1090. The number of ether oxygens (including phenoxy) is 4. The fourth-order valence-electron chi connectivity index (χ4n) is 5.52. The first-order valence-corrected chi connectivity index (χ1v) is 15.8. The van der Waals surface area contributed by atoms with Gasteiger partial charge in [0.25, 0.3) is 0 Å². The smallest absolute Gasteiger partial charge is 0.206 e. The summed E-state index contributed by atoms with van der Waals surface area (Å²) in [6.07, 6.45) is -0.865. The number of aliphatic hydroxyl groups excluding tert-OH is 2. The van der Waals surface area contributed by atoms with Crippen LogP contribution in [0.4, 0.5) is 0 Å². The normalized spacial score (nSPS) is 25.9. The Morgan fingerprint density at radius 3 is 1.32 bits per heavy atom. The Balaban J connectivity index is 1.24. The van der Waals surface area contributed by atoms with Crippen LogP contribution in [0.1, 0.15) is 27.7 Å². The highest BCUT2D eigenvalue weighted by Crippen LogP contribution is 2.25. The molecule has 2 aromatic rings. The summed E-state index contributed by atoms with van der Waals surface area (Å²) in [5.74, 6) is 0.963. The maximum absolute atomic E-state index is 13.1. The van der Waals surface area contributed by atoms with Crippen molar-refractivity contribution in [3.63, 3.8) is 0 Å². The van der Waals surface area contributed by atoms with Gasteiger partial charge in [0.2, 0.25) is 9.84 Å². The van der Waals surface area contributed by atoms with Gasteiger partial charge in [0.15, 0.2) is 0 Å². The summed E-state index contributed by atoms with van der Waals surface area (Å²) in [5, 5.41) is 20.8. The Morgan fingerprint density at radius 2 is 1.00 bits per heavy atom. The van der Waals surface area contributed by atoms with E-state index in [0.717, 1.165) is 26.2 Å². The third kappa shape index (κ3) is 9.37. The molecular formula is C30H44N2O8S. The highest BCUT2D eigenvalue weighted by molar-refractivity contribution is 7.91. The number of nitrogens with zero attached hydrogens (tertiary/aromatic N) is 2. The zero-order valence-corrected chi connectivity index (χ0v) is 25.2. The molecule has 11 heteroatoms. The molecule has 2 aliphatic rings. The molecule has 41 heavy (non-hydrogen) atoms. The van der Waals surface area contributed by atoms with Gasteiger partial charge in [-0.3, -0.25) is 9.80 Å². The van der Waals surface area contributed by atoms with Crippen LogP contribution in [0.15, 0.2) is 58.3 Å². The number of rotatable bonds is 12.